The van der Waals surface area contributed by atoms with Crippen LogP contribution in [0.3, 0.4) is 0 Å². The summed E-state index contributed by atoms with van der Waals surface area (Å²) < 4.78 is 42.1. The van der Waals surface area contributed by atoms with Crippen molar-refractivity contribution in [2.75, 3.05) is 0 Å². The largest absolute Gasteiger partial charge is 0.507 e. The first-order valence-corrected chi connectivity index (χ1v) is 22.9. The first-order chi connectivity index (χ1) is 32.8. The van der Waals surface area contributed by atoms with Crippen LogP contribution in [0.2, 0.25) is 0 Å². The Bertz CT molecular complexity index is 3080. The van der Waals surface area contributed by atoms with E-state index in [2.05, 4.69) is 164 Å². The Balaban J connectivity index is 0.000000248. The van der Waals surface area contributed by atoms with Crippen molar-refractivity contribution >= 4 is 11.0 Å². The van der Waals surface area contributed by atoms with Gasteiger partial charge in [-0.25, -0.2) is 4.98 Å². The number of phenolic OH excluding ortho intramolecular Hbond substituents is 1. The smallest absolute Gasteiger partial charge is 0.149 e. The summed E-state index contributed by atoms with van der Waals surface area (Å²) in [5.41, 5.74) is 13.1. The minimum absolute atomic E-state index is 0. The van der Waals surface area contributed by atoms with Gasteiger partial charge >= 0.3 is 0 Å². The zero-order valence-corrected chi connectivity index (χ0v) is 41.9. The van der Waals surface area contributed by atoms with E-state index < -0.39 is 6.04 Å². The van der Waals surface area contributed by atoms with Crippen molar-refractivity contribution < 1.29 is 33.0 Å². The van der Waals surface area contributed by atoms with Gasteiger partial charge < -0.3 is 10.1 Å². The molecule has 5 heteroatoms. The predicted molar refractivity (Wildman–Crippen MR) is 272 cm³/mol. The SMILES string of the molecule is CCC(CC)c1cc(-c2nc3ccccc3n2-c2ccc(C(C)(C)C)cc2-c2ccccc2)c(O)c(C(CC)CC)c1.[2H]c1c([2H])c([2H])c(-c2ccnc(-c3[c-]ccc(C(C)(C)C)c3)c2)c([2H])c1[2H].[Pt]. The van der Waals surface area contributed by atoms with Crippen molar-refractivity contribution in [2.24, 2.45) is 0 Å². The van der Waals surface area contributed by atoms with Crippen LogP contribution in [0.1, 0.15) is 136 Å². The zero-order valence-electron chi connectivity index (χ0n) is 44.6. The number of hydrogen-bond donors (Lipinski definition) is 1. The second-order valence-electron chi connectivity index (χ2n) is 18.8. The number of para-hydroxylation sites is 2. The summed E-state index contributed by atoms with van der Waals surface area (Å²) in [6.07, 6.45) is 5.68. The number of rotatable bonds is 11. The van der Waals surface area contributed by atoms with Gasteiger partial charge in [0, 0.05) is 32.8 Å². The van der Waals surface area contributed by atoms with Gasteiger partial charge in [-0.3, -0.25) is 4.57 Å². The molecule has 0 aliphatic rings. The van der Waals surface area contributed by atoms with Crippen molar-refractivity contribution in [1.29, 1.82) is 0 Å². The summed E-state index contributed by atoms with van der Waals surface area (Å²) >= 11 is 0. The van der Waals surface area contributed by atoms with E-state index in [1.807, 2.05) is 24.3 Å². The van der Waals surface area contributed by atoms with Gasteiger partial charge in [-0.2, -0.15) is 0 Å². The molecule has 0 saturated heterocycles. The van der Waals surface area contributed by atoms with Gasteiger partial charge in [0.05, 0.1) is 29.1 Å². The molecule has 8 aromatic rings. The Morgan fingerprint density at radius 1 is 0.646 bits per heavy atom. The van der Waals surface area contributed by atoms with Gasteiger partial charge in [0.2, 0.25) is 0 Å². The van der Waals surface area contributed by atoms with Crippen LogP contribution in [0.5, 0.6) is 5.75 Å². The van der Waals surface area contributed by atoms with E-state index in [9.17, 15) is 5.11 Å². The van der Waals surface area contributed by atoms with Gasteiger partial charge in [0.15, 0.2) is 0 Å². The molecule has 1 N–H and O–H groups in total. The first kappa shape index (κ1) is 42.1. The quantitative estimate of drug-likeness (QED) is 0.131. The number of fused-ring (bicyclic) bond motifs is 1. The van der Waals surface area contributed by atoms with Crippen LogP contribution in [0, 0.1) is 6.07 Å². The molecule has 8 rings (SSSR count). The molecule has 0 unspecified atom stereocenters. The molecule has 0 saturated carbocycles. The maximum Gasteiger partial charge on any atom is 0.149 e. The molecule has 2 aromatic heterocycles. The fraction of sp³-hybridized carbons (Fsp3) is 0.300. The monoisotopic (exact) mass is 1040 g/mol. The van der Waals surface area contributed by atoms with Gasteiger partial charge in [0.25, 0.3) is 0 Å². The van der Waals surface area contributed by atoms with Crippen LogP contribution < -0.4 is 0 Å². The Morgan fingerprint density at radius 2 is 1.29 bits per heavy atom. The Hall–Kier alpha value is -5.57. The van der Waals surface area contributed by atoms with Crippen LogP contribution in [0.15, 0.2) is 152 Å². The Kier molecular flexibility index (Phi) is 13.7. The van der Waals surface area contributed by atoms with Crippen LogP contribution in [0.4, 0.5) is 0 Å². The molecule has 0 aliphatic carbocycles. The third-order valence-corrected chi connectivity index (χ3v) is 12.5. The van der Waals surface area contributed by atoms with Gasteiger partial charge in [-0.15, -0.1) is 35.4 Å². The Labute approximate surface area is 410 Å². The molecular weight excluding hydrogens is 974 g/mol. The molecule has 6 aromatic carbocycles. The summed E-state index contributed by atoms with van der Waals surface area (Å²) in [5.74, 6) is 1.88. The predicted octanol–water partition coefficient (Wildman–Crippen LogP) is 16.7. The molecule has 0 aliphatic heterocycles. The van der Waals surface area contributed by atoms with Crippen molar-refractivity contribution in [3.8, 4) is 56.3 Å². The van der Waals surface area contributed by atoms with Crippen molar-refractivity contribution in [3.05, 3.63) is 180 Å². The second kappa shape index (κ2) is 21.2. The number of phenols is 1. The second-order valence-corrected chi connectivity index (χ2v) is 18.8. The summed E-state index contributed by atoms with van der Waals surface area (Å²) in [7, 11) is 0. The van der Waals surface area contributed by atoms with Crippen molar-refractivity contribution in [2.45, 2.75) is 118 Å². The van der Waals surface area contributed by atoms with Gasteiger partial charge in [-0.1, -0.05) is 160 Å². The average Bonchev–Trinajstić information content (AvgIpc) is 3.73. The maximum absolute atomic E-state index is 12.0. The average molecular weight is 1050 g/mol. The minimum atomic E-state index is -0.394. The van der Waals surface area contributed by atoms with Crippen LogP contribution in [-0.4, -0.2) is 19.6 Å². The minimum Gasteiger partial charge on any atom is -0.507 e. The number of imidazole rings is 1. The van der Waals surface area contributed by atoms with Crippen LogP contribution >= 0.6 is 0 Å². The molecule has 0 spiro atoms. The Morgan fingerprint density at radius 3 is 1.95 bits per heavy atom. The van der Waals surface area contributed by atoms with Crippen molar-refractivity contribution in [3.63, 3.8) is 0 Å². The topological polar surface area (TPSA) is 50.9 Å². The van der Waals surface area contributed by atoms with Gasteiger partial charge in [-0.05, 0) is 124 Å². The summed E-state index contributed by atoms with van der Waals surface area (Å²) in [6, 6.07) is 41.2. The molecule has 0 atom stereocenters. The number of pyridine rings is 1. The third-order valence-electron chi connectivity index (χ3n) is 12.5. The summed E-state index contributed by atoms with van der Waals surface area (Å²) in [6.45, 7) is 22.1. The van der Waals surface area contributed by atoms with E-state index in [0.29, 0.717) is 28.8 Å². The summed E-state index contributed by atoms with van der Waals surface area (Å²) in [5, 5.41) is 12.0. The zero-order chi connectivity index (χ0) is 49.9. The van der Waals surface area contributed by atoms with Crippen LogP contribution in [-0.2, 0) is 31.9 Å². The van der Waals surface area contributed by atoms with Gasteiger partial charge in [0.1, 0.15) is 11.6 Å². The number of benzene rings is 6. The molecule has 0 bridgehead atoms. The fourth-order valence-corrected chi connectivity index (χ4v) is 8.59. The van der Waals surface area contributed by atoms with E-state index in [1.54, 1.807) is 18.3 Å². The van der Waals surface area contributed by atoms with E-state index in [1.165, 1.54) is 11.1 Å². The first-order valence-electron chi connectivity index (χ1n) is 25.4. The fourth-order valence-electron chi connectivity index (χ4n) is 8.59. The van der Waals surface area contributed by atoms with E-state index in [4.69, 9.17) is 11.8 Å². The standard InChI is InChI=1S/C39H46N2O.C21H20N.Pt/c1-8-26(9-2)29-23-32(27(10-3)11-4)37(42)33(24-29)38-40-34-19-15-16-20-36(34)41(38)35-22-21-30(39(5,6)7)25-31(35)28-17-13-12-14-18-28;1-21(2,3)19-11-7-10-18(14-19)20-15-17(12-13-22-20)16-8-5-4-6-9-16;/h12-27,42H,8-11H2,1-7H3;4-9,11-15H,1-3H3;/q;-1;/i;4D,5D,6D,8D,9D;. The number of aromatic nitrogens is 3. The number of hydrogen-bond acceptors (Lipinski definition) is 3. The molecule has 4 nitrogen and oxygen atoms in total. The third kappa shape index (κ3) is 10.9. The van der Waals surface area contributed by atoms with Crippen LogP contribution in [0.25, 0.3) is 61.6 Å². The summed E-state index contributed by atoms with van der Waals surface area (Å²) in [4.78, 5) is 9.63. The maximum atomic E-state index is 12.0. The molecule has 2 heterocycles. The number of nitrogens with zero attached hydrogens (tertiary/aromatic N) is 3. The molecule has 338 valence electrons. The van der Waals surface area contributed by atoms with E-state index >= 15 is 0 Å². The molecular formula is C60H66N3OPt-. The van der Waals surface area contributed by atoms with E-state index in [0.717, 1.165) is 81.6 Å². The number of aromatic hydroxyl groups is 1. The molecule has 0 radical (unpaired) electrons. The molecule has 0 amide bonds. The molecule has 0 fully saturated rings. The van der Waals surface area contributed by atoms with Crippen molar-refractivity contribution in [1.82, 2.24) is 14.5 Å². The normalized spacial score (nSPS) is 12.8. The van der Waals surface area contributed by atoms with E-state index in [-0.39, 0.29) is 61.6 Å². The molecule has 65 heavy (non-hydrogen) atoms.